The number of amides is 1. The van der Waals surface area contributed by atoms with E-state index in [1.165, 1.54) is 6.07 Å². The van der Waals surface area contributed by atoms with Gasteiger partial charge in [-0.25, -0.2) is 4.39 Å². The molecule has 1 aromatic carbocycles. The van der Waals surface area contributed by atoms with Crippen molar-refractivity contribution >= 4 is 5.91 Å². The Labute approximate surface area is 124 Å². The van der Waals surface area contributed by atoms with Crippen LogP contribution in [0.3, 0.4) is 0 Å². The van der Waals surface area contributed by atoms with Gasteiger partial charge in [0.15, 0.2) is 0 Å². The van der Waals surface area contributed by atoms with Crippen molar-refractivity contribution in [1.29, 1.82) is 0 Å². The Hall–Kier alpha value is -2.23. The summed E-state index contributed by atoms with van der Waals surface area (Å²) < 4.78 is 13.9. The molecule has 1 aromatic heterocycles. The molecular weight excluding hydrogens is 267 g/mol. The molecule has 2 rings (SSSR count). The number of carbonyl (C=O) groups excluding carboxylic acids is 1. The van der Waals surface area contributed by atoms with E-state index in [0.717, 1.165) is 17.0 Å². The molecule has 0 fully saturated rings. The molecule has 0 aliphatic heterocycles. The monoisotopic (exact) mass is 286 g/mol. The number of pyridine rings is 1. The van der Waals surface area contributed by atoms with Crippen molar-refractivity contribution in [2.45, 2.75) is 27.3 Å². The Kier molecular flexibility index (Phi) is 4.68. The summed E-state index contributed by atoms with van der Waals surface area (Å²) in [6.45, 7) is 6.50. The van der Waals surface area contributed by atoms with Crippen LogP contribution < -0.4 is 0 Å². The first-order chi connectivity index (χ1) is 10.0. The van der Waals surface area contributed by atoms with E-state index in [0.29, 0.717) is 13.1 Å². The van der Waals surface area contributed by atoms with Crippen LogP contribution in [0.4, 0.5) is 4.39 Å². The first-order valence-corrected chi connectivity index (χ1v) is 6.99. The highest BCUT2D eigenvalue weighted by Gasteiger charge is 2.18. The summed E-state index contributed by atoms with van der Waals surface area (Å²) in [5.41, 5.74) is 2.69. The summed E-state index contributed by atoms with van der Waals surface area (Å²) in [6.07, 6.45) is 0. The predicted octanol–water partition coefficient (Wildman–Crippen LogP) is 3.50. The summed E-state index contributed by atoms with van der Waals surface area (Å²) in [7, 11) is 0. The lowest BCUT2D eigenvalue weighted by Crippen LogP contribution is -2.31. The minimum absolute atomic E-state index is 0.115. The lowest BCUT2D eigenvalue weighted by Gasteiger charge is -2.21. The zero-order chi connectivity index (χ0) is 15.4. The number of nitrogens with zero attached hydrogens (tertiary/aromatic N) is 2. The zero-order valence-electron chi connectivity index (χ0n) is 12.6. The minimum Gasteiger partial charge on any atom is -0.333 e. The van der Waals surface area contributed by atoms with Gasteiger partial charge in [0.25, 0.3) is 5.91 Å². The molecule has 4 heteroatoms. The molecule has 0 N–H and O–H groups in total. The fourth-order valence-corrected chi connectivity index (χ4v) is 2.18. The Bertz CT molecular complexity index is 655. The first kappa shape index (κ1) is 15.2. The van der Waals surface area contributed by atoms with Crippen LogP contribution in [0, 0.1) is 19.7 Å². The maximum absolute atomic E-state index is 13.9. The largest absolute Gasteiger partial charge is 0.333 e. The highest BCUT2D eigenvalue weighted by molar-refractivity contribution is 5.94. The lowest BCUT2D eigenvalue weighted by atomic mass is 10.1. The van der Waals surface area contributed by atoms with E-state index in [1.54, 1.807) is 17.0 Å². The molecule has 3 nitrogen and oxygen atoms in total. The molecule has 0 bridgehead atoms. The Morgan fingerprint density at radius 1 is 1.24 bits per heavy atom. The van der Waals surface area contributed by atoms with Crippen molar-refractivity contribution in [3.05, 3.63) is 64.7 Å². The number of halogens is 1. The summed E-state index contributed by atoms with van der Waals surface area (Å²) in [5, 5.41) is 0. The van der Waals surface area contributed by atoms with Gasteiger partial charge in [0, 0.05) is 12.2 Å². The Morgan fingerprint density at radius 3 is 2.67 bits per heavy atom. The zero-order valence-corrected chi connectivity index (χ0v) is 12.6. The predicted molar refractivity (Wildman–Crippen MR) is 80.5 cm³/mol. The van der Waals surface area contributed by atoms with Crippen LogP contribution in [0.1, 0.15) is 34.2 Å². The number of aromatic nitrogens is 1. The lowest BCUT2D eigenvalue weighted by molar-refractivity contribution is 0.0745. The van der Waals surface area contributed by atoms with Crippen molar-refractivity contribution in [2.24, 2.45) is 0 Å². The van der Waals surface area contributed by atoms with Gasteiger partial charge < -0.3 is 4.90 Å². The first-order valence-electron chi connectivity index (χ1n) is 6.99. The molecule has 0 saturated carbocycles. The van der Waals surface area contributed by atoms with Crippen molar-refractivity contribution in [2.75, 3.05) is 6.54 Å². The molecule has 0 atom stereocenters. The SMILES string of the molecule is CCN(Cc1cccc(C)n1)C(=O)c1cc(C)ccc1F. The number of hydrogen-bond acceptors (Lipinski definition) is 2. The van der Waals surface area contributed by atoms with Crippen LogP contribution in [-0.2, 0) is 6.54 Å². The van der Waals surface area contributed by atoms with Gasteiger partial charge in [-0.05, 0) is 45.0 Å². The molecule has 1 amide bonds. The van der Waals surface area contributed by atoms with Gasteiger partial charge in [0.05, 0.1) is 17.8 Å². The van der Waals surface area contributed by atoms with Gasteiger partial charge in [-0.15, -0.1) is 0 Å². The van der Waals surface area contributed by atoms with E-state index in [9.17, 15) is 9.18 Å². The van der Waals surface area contributed by atoms with Crippen LogP contribution in [-0.4, -0.2) is 22.3 Å². The topological polar surface area (TPSA) is 33.2 Å². The fraction of sp³-hybridized carbons (Fsp3) is 0.294. The van der Waals surface area contributed by atoms with Gasteiger partial charge >= 0.3 is 0 Å². The standard InChI is InChI=1S/C17H19FN2O/c1-4-20(11-14-7-5-6-13(3)19-14)17(21)15-10-12(2)8-9-16(15)18/h5-10H,4,11H2,1-3H3. The van der Waals surface area contributed by atoms with Crippen molar-refractivity contribution < 1.29 is 9.18 Å². The molecular formula is C17H19FN2O. The number of hydrogen-bond donors (Lipinski definition) is 0. The third-order valence-corrected chi connectivity index (χ3v) is 3.32. The van der Waals surface area contributed by atoms with E-state index in [-0.39, 0.29) is 11.5 Å². The molecule has 0 radical (unpaired) electrons. The quantitative estimate of drug-likeness (QED) is 0.862. The summed E-state index contributed by atoms with van der Waals surface area (Å²) in [4.78, 5) is 18.5. The summed E-state index contributed by atoms with van der Waals surface area (Å²) in [5.74, 6) is -0.789. The minimum atomic E-state index is -0.485. The van der Waals surface area contributed by atoms with Gasteiger partial charge in [0.1, 0.15) is 5.82 Å². The summed E-state index contributed by atoms with van der Waals surface area (Å²) in [6, 6.07) is 10.3. The molecule has 21 heavy (non-hydrogen) atoms. The average molecular weight is 286 g/mol. The van der Waals surface area contributed by atoms with E-state index in [4.69, 9.17) is 0 Å². The fourth-order valence-electron chi connectivity index (χ4n) is 2.18. The number of rotatable bonds is 4. The summed E-state index contributed by atoms with van der Waals surface area (Å²) >= 11 is 0. The molecule has 0 saturated heterocycles. The smallest absolute Gasteiger partial charge is 0.257 e. The van der Waals surface area contributed by atoms with Crippen LogP contribution in [0.15, 0.2) is 36.4 Å². The second-order valence-electron chi connectivity index (χ2n) is 5.07. The number of aryl methyl sites for hydroxylation is 2. The number of carbonyl (C=O) groups is 1. The third-order valence-electron chi connectivity index (χ3n) is 3.32. The highest BCUT2D eigenvalue weighted by atomic mass is 19.1. The molecule has 0 aliphatic carbocycles. The Morgan fingerprint density at radius 2 is 2.00 bits per heavy atom. The van der Waals surface area contributed by atoms with Gasteiger partial charge in [-0.2, -0.15) is 0 Å². The van der Waals surface area contributed by atoms with Crippen molar-refractivity contribution in [3.8, 4) is 0 Å². The molecule has 110 valence electrons. The van der Waals surface area contributed by atoms with E-state index >= 15 is 0 Å². The Balaban J connectivity index is 2.24. The second-order valence-corrected chi connectivity index (χ2v) is 5.07. The molecule has 1 heterocycles. The average Bonchev–Trinajstić information content (AvgIpc) is 2.46. The normalized spacial score (nSPS) is 10.5. The van der Waals surface area contributed by atoms with E-state index < -0.39 is 5.82 Å². The van der Waals surface area contributed by atoms with Gasteiger partial charge in [-0.1, -0.05) is 17.7 Å². The van der Waals surface area contributed by atoms with Gasteiger partial charge in [-0.3, -0.25) is 9.78 Å². The second kappa shape index (κ2) is 6.48. The van der Waals surface area contributed by atoms with E-state index in [2.05, 4.69) is 4.98 Å². The van der Waals surface area contributed by atoms with Crippen LogP contribution >= 0.6 is 0 Å². The van der Waals surface area contributed by atoms with Crippen molar-refractivity contribution in [3.63, 3.8) is 0 Å². The van der Waals surface area contributed by atoms with Crippen LogP contribution in [0.2, 0.25) is 0 Å². The molecule has 0 unspecified atom stereocenters. The number of benzene rings is 1. The van der Waals surface area contributed by atoms with E-state index in [1.807, 2.05) is 39.0 Å². The van der Waals surface area contributed by atoms with Crippen molar-refractivity contribution in [1.82, 2.24) is 9.88 Å². The third kappa shape index (κ3) is 3.66. The molecule has 2 aromatic rings. The molecule has 0 aliphatic rings. The maximum Gasteiger partial charge on any atom is 0.257 e. The molecule has 0 spiro atoms. The van der Waals surface area contributed by atoms with Crippen LogP contribution in [0.25, 0.3) is 0 Å². The maximum atomic E-state index is 13.9. The van der Waals surface area contributed by atoms with Crippen LogP contribution in [0.5, 0.6) is 0 Å². The highest BCUT2D eigenvalue weighted by Crippen LogP contribution is 2.14. The van der Waals surface area contributed by atoms with Gasteiger partial charge in [0.2, 0.25) is 0 Å².